The van der Waals surface area contributed by atoms with E-state index in [0.717, 1.165) is 30.6 Å². The summed E-state index contributed by atoms with van der Waals surface area (Å²) in [5.41, 5.74) is 0. The van der Waals surface area contributed by atoms with Gasteiger partial charge in [0.05, 0.1) is 13.2 Å². The van der Waals surface area contributed by atoms with Crippen molar-refractivity contribution >= 4 is 0 Å². The third-order valence-electron chi connectivity index (χ3n) is 3.20. The van der Waals surface area contributed by atoms with Gasteiger partial charge in [0.25, 0.3) is 0 Å². The fourth-order valence-corrected chi connectivity index (χ4v) is 1.99. The minimum absolute atomic E-state index is 0.360. The lowest BCUT2D eigenvalue weighted by atomic mass is 10.3. The molecule has 1 heterocycles. The van der Waals surface area contributed by atoms with E-state index in [1.54, 1.807) is 7.11 Å². The molecule has 3 unspecified atom stereocenters. The molecule has 0 aliphatic heterocycles. The van der Waals surface area contributed by atoms with Crippen LogP contribution in [0.2, 0.25) is 0 Å². The minimum atomic E-state index is 0.360. The Morgan fingerprint density at radius 3 is 2.94 bits per heavy atom. The summed E-state index contributed by atoms with van der Waals surface area (Å²) in [6, 6.07) is 4.55. The summed E-state index contributed by atoms with van der Waals surface area (Å²) in [4.78, 5) is 0. The van der Waals surface area contributed by atoms with Gasteiger partial charge < -0.3 is 14.5 Å². The highest BCUT2D eigenvalue weighted by Crippen LogP contribution is 2.47. The van der Waals surface area contributed by atoms with Crippen LogP contribution in [0.25, 0.3) is 0 Å². The zero-order valence-corrected chi connectivity index (χ0v) is 10.3. The third-order valence-corrected chi connectivity index (χ3v) is 3.20. The van der Waals surface area contributed by atoms with E-state index in [0.29, 0.717) is 12.0 Å². The molecule has 1 aromatic heterocycles. The molecule has 90 valence electrons. The first-order valence-electron chi connectivity index (χ1n) is 6.01. The van der Waals surface area contributed by atoms with Gasteiger partial charge in [-0.2, -0.15) is 0 Å². The predicted molar refractivity (Wildman–Crippen MR) is 63.4 cm³/mol. The lowest BCUT2D eigenvalue weighted by molar-refractivity contribution is 0.170. The van der Waals surface area contributed by atoms with Crippen molar-refractivity contribution in [1.82, 2.24) is 5.32 Å². The minimum Gasteiger partial charge on any atom is -0.464 e. The molecule has 1 saturated carbocycles. The molecule has 16 heavy (non-hydrogen) atoms. The summed E-state index contributed by atoms with van der Waals surface area (Å²) in [7, 11) is 1.72. The lowest BCUT2D eigenvalue weighted by Gasteiger charge is -2.10. The van der Waals surface area contributed by atoms with Gasteiger partial charge in [0.15, 0.2) is 0 Å². The monoisotopic (exact) mass is 223 g/mol. The van der Waals surface area contributed by atoms with E-state index in [1.807, 2.05) is 0 Å². The van der Waals surface area contributed by atoms with Gasteiger partial charge in [-0.05, 0) is 31.4 Å². The SMILES string of the molecule is COCC(C)NCc1ccc(C2CC2C)o1. The average Bonchev–Trinajstić information content (AvgIpc) is 2.80. The zero-order valence-electron chi connectivity index (χ0n) is 10.3. The number of furan rings is 1. The molecule has 1 aliphatic rings. The van der Waals surface area contributed by atoms with Crippen LogP contribution in [0.15, 0.2) is 16.5 Å². The van der Waals surface area contributed by atoms with E-state index in [1.165, 1.54) is 6.42 Å². The Morgan fingerprint density at radius 2 is 2.31 bits per heavy atom. The average molecular weight is 223 g/mol. The van der Waals surface area contributed by atoms with Crippen molar-refractivity contribution in [2.75, 3.05) is 13.7 Å². The van der Waals surface area contributed by atoms with E-state index < -0.39 is 0 Å². The molecule has 1 fully saturated rings. The summed E-state index contributed by atoms with van der Waals surface area (Å²) in [6.45, 7) is 5.89. The number of methoxy groups -OCH3 is 1. The quantitative estimate of drug-likeness (QED) is 0.804. The molecule has 3 atom stereocenters. The molecule has 0 aromatic carbocycles. The molecule has 3 heteroatoms. The molecule has 0 saturated heterocycles. The van der Waals surface area contributed by atoms with Gasteiger partial charge in [-0.3, -0.25) is 0 Å². The smallest absolute Gasteiger partial charge is 0.117 e. The summed E-state index contributed by atoms with van der Waals surface area (Å²) in [5, 5.41) is 3.36. The van der Waals surface area contributed by atoms with Crippen molar-refractivity contribution in [2.45, 2.75) is 38.8 Å². The van der Waals surface area contributed by atoms with Crippen molar-refractivity contribution in [3.8, 4) is 0 Å². The first-order chi connectivity index (χ1) is 7.70. The molecule has 0 spiro atoms. The second-order valence-corrected chi connectivity index (χ2v) is 4.86. The fourth-order valence-electron chi connectivity index (χ4n) is 1.99. The van der Waals surface area contributed by atoms with Gasteiger partial charge in [0.1, 0.15) is 11.5 Å². The van der Waals surface area contributed by atoms with Gasteiger partial charge in [-0.1, -0.05) is 6.92 Å². The van der Waals surface area contributed by atoms with Crippen molar-refractivity contribution in [3.05, 3.63) is 23.7 Å². The van der Waals surface area contributed by atoms with Crippen LogP contribution in [0.4, 0.5) is 0 Å². The predicted octanol–water partition coefficient (Wildman–Crippen LogP) is 2.53. The van der Waals surface area contributed by atoms with Crippen molar-refractivity contribution in [3.63, 3.8) is 0 Å². The van der Waals surface area contributed by atoms with Crippen LogP contribution in [-0.2, 0) is 11.3 Å². The number of ether oxygens (including phenoxy) is 1. The Bertz CT molecular complexity index is 334. The Hall–Kier alpha value is -0.800. The maximum Gasteiger partial charge on any atom is 0.117 e. The highest BCUT2D eigenvalue weighted by Gasteiger charge is 2.36. The summed E-state index contributed by atoms with van der Waals surface area (Å²) >= 11 is 0. The van der Waals surface area contributed by atoms with Gasteiger partial charge in [0, 0.05) is 19.1 Å². The van der Waals surface area contributed by atoms with Gasteiger partial charge in [0.2, 0.25) is 0 Å². The fraction of sp³-hybridized carbons (Fsp3) is 0.692. The zero-order chi connectivity index (χ0) is 11.5. The van der Waals surface area contributed by atoms with E-state index >= 15 is 0 Å². The van der Waals surface area contributed by atoms with E-state index in [9.17, 15) is 0 Å². The molecule has 0 bridgehead atoms. The molecule has 1 aromatic rings. The maximum atomic E-state index is 5.80. The number of hydrogen-bond donors (Lipinski definition) is 1. The molecular weight excluding hydrogens is 202 g/mol. The van der Waals surface area contributed by atoms with Gasteiger partial charge in [-0.15, -0.1) is 0 Å². The van der Waals surface area contributed by atoms with Crippen LogP contribution in [0, 0.1) is 5.92 Å². The largest absolute Gasteiger partial charge is 0.464 e. The standard InChI is InChI=1S/C13H21NO2/c1-9-6-12(9)13-5-4-11(16-13)7-14-10(2)8-15-3/h4-5,9-10,12,14H,6-8H2,1-3H3. The Balaban J connectivity index is 1.79. The Kier molecular flexibility index (Phi) is 3.66. The second-order valence-electron chi connectivity index (χ2n) is 4.86. The Morgan fingerprint density at radius 1 is 1.56 bits per heavy atom. The van der Waals surface area contributed by atoms with Crippen LogP contribution in [-0.4, -0.2) is 19.8 Å². The molecule has 1 N–H and O–H groups in total. The van der Waals surface area contributed by atoms with Crippen molar-refractivity contribution in [2.24, 2.45) is 5.92 Å². The highest BCUT2D eigenvalue weighted by molar-refractivity contribution is 5.17. The van der Waals surface area contributed by atoms with Crippen LogP contribution < -0.4 is 5.32 Å². The summed E-state index contributed by atoms with van der Waals surface area (Å²) in [6.07, 6.45) is 1.28. The maximum absolute atomic E-state index is 5.80. The molecule has 3 nitrogen and oxygen atoms in total. The molecule has 0 amide bonds. The van der Waals surface area contributed by atoms with E-state index in [-0.39, 0.29) is 0 Å². The van der Waals surface area contributed by atoms with Gasteiger partial charge in [-0.25, -0.2) is 0 Å². The second kappa shape index (κ2) is 5.02. The molecule has 2 rings (SSSR count). The summed E-state index contributed by atoms with van der Waals surface area (Å²) < 4.78 is 10.9. The van der Waals surface area contributed by atoms with Crippen molar-refractivity contribution in [1.29, 1.82) is 0 Å². The first-order valence-corrected chi connectivity index (χ1v) is 6.01. The van der Waals surface area contributed by atoms with Crippen LogP contribution in [0.5, 0.6) is 0 Å². The molecular formula is C13H21NO2. The van der Waals surface area contributed by atoms with Crippen molar-refractivity contribution < 1.29 is 9.15 Å². The first kappa shape index (κ1) is 11.7. The van der Waals surface area contributed by atoms with E-state index in [4.69, 9.17) is 9.15 Å². The third kappa shape index (κ3) is 2.86. The summed E-state index contributed by atoms with van der Waals surface area (Å²) in [5.74, 6) is 3.66. The number of nitrogens with one attached hydrogen (secondary N) is 1. The van der Waals surface area contributed by atoms with Crippen LogP contribution >= 0.6 is 0 Å². The van der Waals surface area contributed by atoms with Gasteiger partial charge >= 0.3 is 0 Å². The van der Waals surface area contributed by atoms with Crippen LogP contribution in [0.1, 0.15) is 37.7 Å². The van der Waals surface area contributed by atoms with Crippen LogP contribution in [0.3, 0.4) is 0 Å². The number of rotatable bonds is 6. The van der Waals surface area contributed by atoms with E-state index in [2.05, 4.69) is 31.3 Å². The molecule has 0 radical (unpaired) electrons. The lowest BCUT2D eigenvalue weighted by Crippen LogP contribution is -2.29. The topological polar surface area (TPSA) is 34.4 Å². The number of hydrogen-bond acceptors (Lipinski definition) is 3. The Labute approximate surface area is 97.2 Å². The highest BCUT2D eigenvalue weighted by atomic mass is 16.5. The molecule has 1 aliphatic carbocycles. The normalized spacial score (nSPS) is 25.7.